The molecule has 3 rings (SSSR count). The molecule has 11 heteroatoms. The molecule has 3 heterocycles. The zero-order chi connectivity index (χ0) is 40.7. The van der Waals surface area contributed by atoms with Gasteiger partial charge in [0.1, 0.15) is 17.5 Å². The molecule has 308 valence electrons. The quantitative estimate of drug-likeness (QED) is 0.232. The number of fused-ring (bicyclic) bond motifs is 2. The molecule has 2 fully saturated rings. The molecule has 0 aliphatic carbocycles. The van der Waals surface area contributed by atoms with Gasteiger partial charge in [-0.05, 0) is 64.2 Å². The maximum atomic E-state index is 13.5. The molecule has 17 atom stereocenters. The van der Waals surface area contributed by atoms with E-state index >= 15 is 0 Å². The van der Waals surface area contributed by atoms with Gasteiger partial charge in [0.05, 0.1) is 36.6 Å². The summed E-state index contributed by atoms with van der Waals surface area (Å²) in [6, 6.07) is 0. The molecule has 3 aliphatic rings. The van der Waals surface area contributed by atoms with Crippen molar-refractivity contribution in [1.82, 2.24) is 0 Å². The average Bonchev–Trinajstić information content (AvgIpc) is 3.13. The largest absolute Gasteiger partial charge is 0.458 e. The van der Waals surface area contributed by atoms with Gasteiger partial charge < -0.3 is 39.7 Å². The Bertz CT molecular complexity index is 1340. The number of Topliss-reactive ketones (excluding diaryl/α,β-unsaturated/α-hetero) is 2. The molecule has 0 aromatic carbocycles. The van der Waals surface area contributed by atoms with Crippen molar-refractivity contribution < 1.29 is 54.1 Å². The zero-order valence-electron chi connectivity index (χ0n) is 34.3. The molecule has 0 aromatic rings. The summed E-state index contributed by atoms with van der Waals surface area (Å²) in [5.74, 6) is -7.45. The number of hydrogen-bond acceptors (Lipinski definition) is 11. The first-order chi connectivity index (χ1) is 25.2. The number of carbonyl (C=O) groups excluding carboxylic acids is 3. The number of aliphatic hydroxyl groups excluding tert-OH is 4. The van der Waals surface area contributed by atoms with Gasteiger partial charge in [0.25, 0.3) is 0 Å². The molecule has 0 saturated carbocycles. The van der Waals surface area contributed by atoms with Crippen LogP contribution < -0.4 is 0 Å². The minimum atomic E-state index is -2.18. The first kappa shape index (κ1) is 46.1. The van der Waals surface area contributed by atoms with E-state index in [-0.39, 0.29) is 30.0 Å². The van der Waals surface area contributed by atoms with Crippen LogP contribution in [-0.4, -0.2) is 97.2 Å². The molecule has 54 heavy (non-hydrogen) atoms. The Labute approximate surface area is 323 Å². The number of ether oxygens (including phenoxy) is 3. The molecule has 0 aromatic heterocycles. The van der Waals surface area contributed by atoms with E-state index in [2.05, 4.69) is 6.92 Å². The molecule has 3 aliphatic heterocycles. The maximum absolute atomic E-state index is 13.5. The van der Waals surface area contributed by atoms with Gasteiger partial charge in [-0.2, -0.15) is 0 Å². The number of allylic oxidation sites excluding steroid dienone is 4. The smallest absolute Gasteiger partial charge is 0.330 e. The molecular weight excluding hydrogens is 692 g/mol. The normalized spacial score (nSPS) is 46.7. The van der Waals surface area contributed by atoms with Gasteiger partial charge in [0.2, 0.25) is 0 Å². The highest BCUT2D eigenvalue weighted by molar-refractivity contribution is 5.91. The lowest BCUT2D eigenvalue weighted by molar-refractivity contribution is -0.371. The van der Waals surface area contributed by atoms with Crippen molar-refractivity contribution in [3.63, 3.8) is 0 Å². The summed E-state index contributed by atoms with van der Waals surface area (Å²) in [6.45, 7) is 16.9. The predicted molar refractivity (Wildman–Crippen MR) is 206 cm³/mol. The van der Waals surface area contributed by atoms with E-state index in [1.54, 1.807) is 20.8 Å². The highest BCUT2D eigenvalue weighted by Crippen LogP contribution is 2.48. The third-order valence-corrected chi connectivity index (χ3v) is 12.7. The Balaban J connectivity index is 1.93. The van der Waals surface area contributed by atoms with E-state index < -0.39 is 89.0 Å². The van der Waals surface area contributed by atoms with Gasteiger partial charge in [-0.1, -0.05) is 85.8 Å². The fourth-order valence-electron chi connectivity index (χ4n) is 8.59. The number of rotatable bonds is 2. The van der Waals surface area contributed by atoms with Gasteiger partial charge >= 0.3 is 5.97 Å². The molecule has 1 spiro atoms. The van der Waals surface area contributed by atoms with E-state index in [0.717, 1.165) is 19.3 Å². The van der Waals surface area contributed by atoms with Crippen molar-refractivity contribution in [2.45, 2.75) is 168 Å². The van der Waals surface area contributed by atoms with Crippen LogP contribution in [-0.2, 0) is 28.6 Å². The highest BCUT2D eigenvalue weighted by atomic mass is 16.7. The number of aliphatic hydroxyl groups is 5. The van der Waals surface area contributed by atoms with Crippen molar-refractivity contribution in [1.29, 1.82) is 0 Å². The van der Waals surface area contributed by atoms with E-state index in [9.17, 15) is 39.9 Å². The second-order valence-electron chi connectivity index (χ2n) is 17.2. The van der Waals surface area contributed by atoms with E-state index in [1.165, 1.54) is 39.8 Å². The van der Waals surface area contributed by atoms with Crippen molar-refractivity contribution >= 4 is 17.5 Å². The van der Waals surface area contributed by atoms with Crippen molar-refractivity contribution in [2.24, 2.45) is 47.3 Å². The van der Waals surface area contributed by atoms with Crippen LogP contribution in [0.3, 0.4) is 0 Å². The van der Waals surface area contributed by atoms with Crippen LogP contribution in [0.15, 0.2) is 36.5 Å². The zero-order valence-corrected chi connectivity index (χ0v) is 34.3. The number of ketones is 2. The first-order valence-corrected chi connectivity index (χ1v) is 20.2. The Morgan fingerprint density at radius 3 is 2.13 bits per heavy atom. The van der Waals surface area contributed by atoms with Crippen LogP contribution in [0.25, 0.3) is 0 Å². The van der Waals surface area contributed by atoms with Gasteiger partial charge in [-0.3, -0.25) is 9.59 Å². The Kier molecular flexibility index (Phi) is 16.9. The van der Waals surface area contributed by atoms with Crippen LogP contribution >= 0.6 is 0 Å². The molecule has 0 unspecified atom stereocenters. The summed E-state index contributed by atoms with van der Waals surface area (Å²) in [7, 11) is 0. The van der Waals surface area contributed by atoms with Crippen molar-refractivity contribution in [2.75, 3.05) is 0 Å². The highest BCUT2D eigenvalue weighted by Gasteiger charge is 2.56. The van der Waals surface area contributed by atoms with Gasteiger partial charge in [-0.25, -0.2) is 4.79 Å². The molecular formula is C43H70O11. The predicted octanol–water partition coefficient (Wildman–Crippen LogP) is 5.25. The van der Waals surface area contributed by atoms with E-state index in [0.29, 0.717) is 25.7 Å². The Hall–Kier alpha value is -2.25. The molecule has 5 N–H and O–H groups in total. The molecule has 11 nitrogen and oxygen atoms in total. The molecule has 2 saturated heterocycles. The summed E-state index contributed by atoms with van der Waals surface area (Å²) in [5, 5.41) is 54.7. The average molecular weight is 763 g/mol. The summed E-state index contributed by atoms with van der Waals surface area (Å²) < 4.78 is 19.8. The summed E-state index contributed by atoms with van der Waals surface area (Å²) >= 11 is 0. The van der Waals surface area contributed by atoms with E-state index in [1.807, 2.05) is 38.2 Å². The third kappa shape index (κ3) is 11.0. The fraction of sp³-hybridized carbons (Fsp3) is 0.791. The van der Waals surface area contributed by atoms with Crippen LogP contribution in [0.2, 0.25) is 0 Å². The van der Waals surface area contributed by atoms with Crippen molar-refractivity contribution in [3.05, 3.63) is 36.5 Å². The third-order valence-electron chi connectivity index (χ3n) is 12.7. The second-order valence-corrected chi connectivity index (χ2v) is 17.2. The minimum Gasteiger partial charge on any atom is -0.458 e. The van der Waals surface area contributed by atoms with E-state index in [4.69, 9.17) is 14.2 Å². The standard InChI is InChI=1S/C43H70O11/c1-24-21-22-43(54-34(24)23-27(4)44)32(9)39-28(5)33(53-43)18-16-14-12-11-13-15-17-26(3)40(49)42(10,51)41(50)31(8)38(48)30(7)37(47)29(6)36(46)25(2)19-20-35(45)52-39/h11-13,15,19-20,24-34,36,38-40,44,46,48-49,51H,14,16-18,21-23H2,1-10H3/b12-11+,15-13+,20-19+/t24-,25-,26+,27+,28+,29-,30-,31-,32-,33-,34-,36+,38+,39+,40-,42+,43-/m0/s1. The molecule has 0 radical (unpaired) electrons. The number of carbonyl (C=O) groups is 3. The summed E-state index contributed by atoms with van der Waals surface area (Å²) in [6.07, 6.45) is 9.33. The number of hydrogen-bond donors (Lipinski definition) is 5. The van der Waals surface area contributed by atoms with Crippen LogP contribution in [0.5, 0.6) is 0 Å². The van der Waals surface area contributed by atoms with Crippen LogP contribution in [0.4, 0.5) is 0 Å². The maximum Gasteiger partial charge on any atom is 0.330 e. The summed E-state index contributed by atoms with van der Waals surface area (Å²) in [5.41, 5.74) is -2.18. The molecule has 2 bridgehead atoms. The Morgan fingerprint density at radius 2 is 1.48 bits per heavy atom. The monoisotopic (exact) mass is 762 g/mol. The van der Waals surface area contributed by atoms with Gasteiger partial charge in [-0.15, -0.1) is 0 Å². The lowest BCUT2D eigenvalue weighted by atomic mass is 9.75. The Morgan fingerprint density at radius 1 is 0.852 bits per heavy atom. The lowest BCUT2D eigenvalue weighted by Crippen LogP contribution is -2.62. The van der Waals surface area contributed by atoms with Gasteiger partial charge in [0, 0.05) is 48.0 Å². The van der Waals surface area contributed by atoms with Gasteiger partial charge in [0.15, 0.2) is 11.6 Å². The lowest BCUT2D eigenvalue weighted by Gasteiger charge is -2.55. The van der Waals surface area contributed by atoms with Crippen LogP contribution in [0.1, 0.15) is 114 Å². The molecule has 0 amide bonds. The SMILES string of the molecule is C[C@H]1[C@H]2OC(=O)/C=C/[C@H](C)[C@@H](O)[C@H](C)C(=O)[C@H](C)[C@@H](O)[C@H](C)C(=O)[C@](C)(O)[C@@H](O)[C@H](C)C/C=C/C=C/CCC[C@@H]1O[C@]1(CC[C@H](C)[C@H](C[C@@H](C)O)O1)[C@H]2C. The first-order valence-electron chi connectivity index (χ1n) is 20.2. The van der Waals surface area contributed by atoms with Crippen LogP contribution in [0, 0.1) is 47.3 Å². The fourth-order valence-corrected chi connectivity index (χ4v) is 8.59. The summed E-state index contributed by atoms with van der Waals surface area (Å²) in [4.78, 5) is 40.3. The van der Waals surface area contributed by atoms with Crippen molar-refractivity contribution in [3.8, 4) is 0 Å². The minimum absolute atomic E-state index is 0.156. The second kappa shape index (κ2) is 19.7. The topological polar surface area (TPSA) is 180 Å². The number of esters is 1.